The van der Waals surface area contributed by atoms with E-state index in [9.17, 15) is 9.18 Å². The molecular weight excluding hydrogens is 341 g/mol. The molecule has 2 N–H and O–H groups in total. The highest BCUT2D eigenvalue weighted by Gasteiger charge is 2.22. The lowest BCUT2D eigenvalue weighted by Gasteiger charge is -2.29. The fourth-order valence-corrected chi connectivity index (χ4v) is 3.24. The van der Waals surface area contributed by atoms with Crippen molar-refractivity contribution in [1.29, 1.82) is 0 Å². The average molecular weight is 361 g/mol. The van der Waals surface area contributed by atoms with Crippen LogP contribution in [0.2, 0.25) is 0 Å². The molecule has 0 aromatic carbocycles. The van der Waals surface area contributed by atoms with Gasteiger partial charge in [0.1, 0.15) is 11.5 Å². The minimum atomic E-state index is -0.528. The smallest absolute Gasteiger partial charge is 0.268 e. The molecule has 2 aromatic heterocycles. The molecule has 26 heavy (non-hydrogen) atoms. The number of anilines is 2. The Kier molecular flexibility index (Phi) is 4.41. The van der Waals surface area contributed by atoms with Crippen molar-refractivity contribution >= 4 is 17.7 Å². The summed E-state index contributed by atoms with van der Waals surface area (Å²) >= 11 is 0. The van der Waals surface area contributed by atoms with Gasteiger partial charge in [0.05, 0.1) is 19.4 Å². The van der Waals surface area contributed by atoms with Crippen molar-refractivity contribution < 1.29 is 13.9 Å². The lowest BCUT2D eigenvalue weighted by Crippen LogP contribution is -2.38. The second-order valence-corrected chi connectivity index (χ2v) is 6.28. The Labute approximate surface area is 149 Å². The van der Waals surface area contributed by atoms with Gasteiger partial charge in [0.15, 0.2) is 11.6 Å². The van der Waals surface area contributed by atoms with E-state index in [4.69, 9.17) is 10.5 Å². The quantitative estimate of drug-likeness (QED) is 0.808. The zero-order valence-electron chi connectivity index (χ0n) is 14.3. The number of morpholine rings is 1. The van der Waals surface area contributed by atoms with Crippen LogP contribution >= 0.6 is 0 Å². The molecule has 2 aliphatic heterocycles. The van der Waals surface area contributed by atoms with E-state index < -0.39 is 11.7 Å². The first-order valence-electron chi connectivity index (χ1n) is 8.58. The molecule has 138 valence electrons. The summed E-state index contributed by atoms with van der Waals surface area (Å²) in [6.45, 7) is 4.23. The van der Waals surface area contributed by atoms with Crippen LogP contribution in [0, 0.1) is 5.82 Å². The van der Waals surface area contributed by atoms with Crippen LogP contribution in [0.25, 0.3) is 0 Å². The second kappa shape index (κ2) is 6.87. The van der Waals surface area contributed by atoms with Gasteiger partial charge in [0.2, 0.25) is 5.95 Å². The van der Waals surface area contributed by atoms with E-state index in [2.05, 4.69) is 15.0 Å². The van der Waals surface area contributed by atoms with Gasteiger partial charge in [-0.2, -0.15) is 4.98 Å². The summed E-state index contributed by atoms with van der Waals surface area (Å²) < 4.78 is 21.4. The Morgan fingerprint density at radius 3 is 2.69 bits per heavy atom. The third kappa shape index (κ3) is 3.19. The van der Waals surface area contributed by atoms with Crippen molar-refractivity contribution in [3.05, 3.63) is 29.7 Å². The van der Waals surface area contributed by atoms with Crippen LogP contribution in [0.3, 0.4) is 0 Å². The molecule has 4 heterocycles. The molecule has 0 unspecified atom stereocenters. The zero-order chi connectivity index (χ0) is 18.1. The number of halogens is 1. The van der Waals surface area contributed by atoms with Crippen molar-refractivity contribution in [2.75, 3.05) is 49.2 Å². The maximum atomic E-state index is 14.2. The zero-order valence-corrected chi connectivity index (χ0v) is 14.3. The van der Waals surface area contributed by atoms with Crippen LogP contribution in [0.15, 0.2) is 12.4 Å². The number of imidazole rings is 1. The summed E-state index contributed by atoms with van der Waals surface area (Å²) in [6, 6.07) is 0. The van der Waals surface area contributed by atoms with Crippen molar-refractivity contribution in [2.45, 2.75) is 13.0 Å². The van der Waals surface area contributed by atoms with E-state index in [1.54, 1.807) is 6.20 Å². The third-order valence-electron chi connectivity index (χ3n) is 4.63. The Balaban J connectivity index is 1.53. The number of carbonyl (C=O) groups excluding carboxylic acids is 1. The Bertz CT molecular complexity index is 793. The van der Waals surface area contributed by atoms with E-state index in [0.29, 0.717) is 64.1 Å². The molecule has 2 aromatic rings. The lowest BCUT2D eigenvalue weighted by atomic mass is 10.3. The van der Waals surface area contributed by atoms with Crippen LogP contribution in [0.5, 0.6) is 0 Å². The number of rotatable bonds is 3. The van der Waals surface area contributed by atoms with Crippen LogP contribution < -0.4 is 15.5 Å². The molecule has 1 fully saturated rings. The number of carbonyl (C=O) groups is 1. The van der Waals surface area contributed by atoms with E-state index >= 15 is 0 Å². The van der Waals surface area contributed by atoms with Crippen LogP contribution in [-0.2, 0) is 17.7 Å². The predicted octanol–water partition coefficient (Wildman–Crippen LogP) is -0.190. The van der Waals surface area contributed by atoms with Crippen molar-refractivity contribution in [1.82, 2.24) is 19.5 Å². The molecule has 1 amide bonds. The normalized spacial score (nSPS) is 17.7. The standard InChI is InChI=1S/C16H20FN7O2/c17-11-9-19-16(21-15(11)22-5-7-26-8-6-22)23-2-1-13-20-12(14(18)25)10-24(13)4-3-23/h9-10H,1-8H2,(H2,18,25). The summed E-state index contributed by atoms with van der Waals surface area (Å²) in [6.07, 6.45) is 3.52. The number of fused-ring (bicyclic) bond motifs is 1. The summed E-state index contributed by atoms with van der Waals surface area (Å²) in [7, 11) is 0. The van der Waals surface area contributed by atoms with Crippen LogP contribution in [0.4, 0.5) is 16.2 Å². The molecule has 1 saturated heterocycles. The average Bonchev–Trinajstić information content (AvgIpc) is 2.97. The maximum absolute atomic E-state index is 14.2. The topological polar surface area (TPSA) is 102 Å². The van der Waals surface area contributed by atoms with Gasteiger partial charge < -0.3 is 24.8 Å². The second-order valence-electron chi connectivity index (χ2n) is 6.28. The summed E-state index contributed by atoms with van der Waals surface area (Å²) in [5.74, 6) is 0.658. The first-order chi connectivity index (χ1) is 12.6. The van der Waals surface area contributed by atoms with E-state index in [1.165, 1.54) is 6.20 Å². The highest BCUT2D eigenvalue weighted by atomic mass is 19.1. The highest BCUT2D eigenvalue weighted by molar-refractivity contribution is 5.90. The minimum Gasteiger partial charge on any atom is -0.378 e. The molecule has 2 aliphatic rings. The molecule has 9 nitrogen and oxygen atoms in total. The Morgan fingerprint density at radius 2 is 1.92 bits per heavy atom. The van der Waals surface area contributed by atoms with Crippen LogP contribution in [-0.4, -0.2) is 64.8 Å². The molecule has 4 rings (SSSR count). The van der Waals surface area contributed by atoms with Gasteiger partial charge in [-0.15, -0.1) is 0 Å². The molecule has 0 radical (unpaired) electrons. The van der Waals surface area contributed by atoms with Crippen molar-refractivity contribution in [3.63, 3.8) is 0 Å². The van der Waals surface area contributed by atoms with E-state index in [0.717, 1.165) is 5.82 Å². The fraction of sp³-hybridized carbons (Fsp3) is 0.500. The van der Waals surface area contributed by atoms with Gasteiger partial charge in [0, 0.05) is 45.3 Å². The number of hydrogen-bond acceptors (Lipinski definition) is 7. The molecule has 0 saturated carbocycles. The molecule has 0 spiro atoms. The number of ether oxygens (including phenoxy) is 1. The predicted molar refractivity (Wildman–Crippen MR) is 91.7 cm³/mol. The van der Waals surface area contributed by atoms with Gasteiger partial charge in [0.25, 0.3) is 5.91 Å². The van der Waals surface area contributed by atoms with Gasteiger partial charge in [-0.05, 0) is 0 Å². The summed E-state index contributed by atoms with van der Waals surface area (Å²) in [5.41, 5.74) is 5.57. The summed E-state index contributed by atoms with van der Waals surface area (Å²) in [4.78, 5) is 28.1. The molecule has 0 aliphatic carbocycles. The third-order valence-corrected chi connectivity index (χ3v) is 4.63. The van der Waals surface area contributed by atoms with Crippen molar-refractivity contribution in [2.24, 2.45) is 5.73 Å². The molecular formula is C16H20FN7O2. The van der Waals surface area contributed by atoms with Crippen LogP contribution in [0.1, 0.15) is 16.3 Å². The fourth-order valence-electron chi connectivity index (χ4n) is 3.24. The number of hydrogen-bond donors (Lipinski definition) is 1. The number of amides is 1. The SMILES string of the molecule is NC(=O)c1cn2c(n1)CCN(c1ncc(F)c(N3CCOCC3)n1)CC2. The number of aromatic nitrogens is 4. The molecule has 0 bridgehead atoms. The molecule has 0 atom stereocenters. The first kappa shape index (κ1) is 16.7. The lowest BCUT2D eigenvalue weighted by molar-refractivity contribution is 0.0995. The maximum Gasteiger partial charge on any atom is 0.268 e. The monoisotopic (exact) mass is 361 g/mol. The Hall–Kier alpha value is -2.75. The number of primary amides is 1. The number of nitrogens with two attached hydrogens (primary N) is 1. The van der Waals surface area contributed by atoms with Gasteiger partial charge >= 0.3 is 0 Å². The number of nitrogens with zero attached hydrogens (tertiary/aromatic N) is 6. The first-order valence-corrected chi connectivity index (χ1v) is 8.58. The van der Waals surface area contributed by atoms with Gasteiger partial charge in [-0.1, -0.05) is 0 Å². The minimum absolute atomic E-state index is 0.279. The van der Waals surface area contributed by atoms with E-state index in [-0.39, 0.29) is 5.69 Å². The molecule has 10 heteroatoms. The highest BCUT2D eigenvalue weighted by Crippen LogP contribution is 2.21. The van der Waals surface area contributed by atoms with Gasteiger partial charge in [-0.3, -0.25) is 4.79 Å². The van der Waals surface area contributed by atoms with Gasteiger partial charge in [-0.25, -0.2) is 14.4 Å². The largest absolute Gasteiger partial charge is 0.378 e. The Morgan fingerprint density at radius 1 is 1.12 bits per heavy atom. The van der Waals surface area contributed by atoms with Crippen molar-refractivity contribution in [3.8, 4) is 0 Å². The van der Waals surface area contributed by atoms with E-state index in [1.807, 2.05) is 14.4 Å². The summed E-state index contributed by atoms with van der Waals surface area (Å²) in [5, 5.41) is 0.